The van der Waals surface area contributed by atoms with Crippen molar-refractivity contribution in [2.75, 3.05) is 0 Å². The fourth-order valence-corrected chi connectivity index (χ4v) is 3.97. The Labute approximate surface area is 230 Å². The van der Waals surface area contributed by atoms with Gasteiger partial charge >= 0.3 is 12.1 Å². The number of carbonyl (C=O) groups excluding carboxylic acids is 3. The first-order chi connectivity index (χ1) is 18.3. The van der Waals surface area contributed by atoms with E-state index >= 15 is 0 Å². The van der Waals surface area contributed by atoms with Crippen LogP contribution in [0.25, 0.3) is 0 Å². The fraction of sp³-hybridized carbons (Fsp3) is 0.467. The van der Waals surface area contributed by atoms with Gasteiger partial charge in [0.1, 0.15) is 23.7 Å². The number of benzene rings is 2. The minimum absolute atomic E-state index is 0.0278. The third-order valence-electron chi connectivity index (χ3n) is 5.81. The second kappa shape index (κ2) is 14.9. The number of alkyl carbamates (subject to hydrolysis) is 1. The van der Waals surface area contributed by atoms with Crippen molar-refractivity contribution in [2.45, 2.75) is 84.0 Å². The number of nitrogens with one attached hydrogen (secondary N) is 3. The van der Waals surface area contributed by atoms with Crippen LogP contribution in [0, 0.1) is 5.92 Å². The molecule has 0 saturated heterocycles. The highest BCUT2D eigenvalue weighted by atomic mass is 16.6. The highest BCUT2D eigenvalue weighted by Crippen LogP contribution is 2.12. The summed E-state index contributed by atoms with van der Waals surface area (Å²) >= 11 is 0. The third kappa shape index (κ3) is 12.0. The fourth-order valence-electron chi connectivity index (χ4n) is 3.97. The molecule has 3 amide bonds. The van der Waals surface area contributed by atoms with Crippen LogP contribution in [0.15, 0.2) is 60.7 Å². The summed E-state index contributed by atoms with van der Waals surface area (Å²) in [6.07, 6.45) is 0.427. The summed E-state index contributed by atoms with van der Waals surface area (Å²) in [7, 11) is 0. The Morgan fingerprint density at radius 1 is 0.769 bits per heavy atom. The van der Waals surface area contributed by atoms with Crippen LogP contribution in [0.1, 0.15) is 58.6 Å². The molecule has 39 heavy (non-hydrogen) atoms. The maximum Gasteiger partial charge on any atom is 0.408 e. The van der Waals surface area contributed by atoms with Gasteiger partial charge in [-0.2, -0.15) is 0 Å². The molecule has 2 aromatic rings. The van der Waals surface area contributed by atoms with Gasteiger partial charge in [0.15, 0.2) is 0 Å². The second-order valence-electron chi connectivity index (χ2n) is 11.0. The van der Waals surface area contributed by atoms with Crippen molar-refractivity contribution >= 4 is 23.9 Å². The van der Waals surface area contributed by atoms with Gasteiger partial charge in [0.05, 0.1) is 0 Å². The number of hydrogen-bond acceptors (Lipinski definition) is 5. The average Bonchev–Trinajstić information content (AvgIpc) is 2.85. The highest BCUT2D eigenvalue weighted by Gasteiger charge is 2.31. The van der Waals surface area contributed by atoms with E-state index in [0.29, 0.717) is 6.42 Å². The monoisotopic (exact) mass is 539 g/mol. The summed E-state index contributed by atoms with van der Waals surface area (Å²) in [4.78, 5) is 51.0. The number of carboxylic acids is 1. The van der Waals surface area contributed by atoms with E-state index in [0.717, 1.165) is 11.1 Å². The van der Waals surface area contributed by atoms with Crippen LogP contribution in [0.4, 0.5) is 4.79 Å². The lowest BCUT2D eigenvalue weighted by molar-refractivity contribution is -0.142. The zero-order valence-corrected chi connectivity index (χ0v) is 23.4. The van der Waals surface area contributed by atoms with Gasteiger partial charge in [-0.1, -0.05) is 74.5 Å². The van der Waals surface area contributed by atoms with E-state index in [9.17, 15) is 24.3 Å². The highest BCUT2D eigenvalue weighted by molar-refractivity contribution is 5.93. The number of aryl methyl sites for hydroxylation is 1. The van der Waals surface area contributed by atoms with E-state index in [4.69, 9.17) is 4.74 Å². The number of rotatable bonds is 13. The Morgan fingerprint density at radius 3 is 1.79 bits per heavy atom. The van der Waals surface area contributed by atoms with Crippen LogP contribution in [0.3, 0.4) is 0 Å². The molecule has 0 spiro atoms. The van der Waals surface area contributed by atoms with Crippen LogP contribution in [0.5, 0.6) is 0 Å². The predicted octanol–water partition coefficient (Wildman–Crippen LogP) is 3.86. The molecule has 2 rings (SSSR count). The molecule has 0 radical (unpaired) electrons. The third-order valence-corrected chi connectivity index (χ3v) is 5.81. The number of carbonyl (C=O) groups is 4. The topological polar surface area (TPSA) is 134 Å². The van der Waals surface area contributed by atoms with Crippen LogP contribution >= 0.6 is 0 Å². The molecule has 0 bridgehead atoms. The lowest BCUT2D eigenvalue weighted by Crippen LogP contribution is -2.56. The molecule has 0 fully saturated rings. The summed E-state index contributed by atoms with van der Waals surface area (Å²) in [6.45, 7) is 8.97. The Balaban J connectivity index is 2.17. The van der Waals surface area contributed by atoms with Gasteiger partial charge < -0.3 is 25.8 Å². The summed E-state index contributed by atoms with van der Waals surface area (Å²) in [6, 6.07) is 15.4. The van der Waals surface area contributed by atoms with E-state index < -0.39 is 47.6 Å². The molecule has 0 aliphatic rings. The zero-order valence-electron chi connectivity index (χ0n) is 23.4. The van der Waals surface area contributed by atoms with E-state index in [1.807, 2.05) is 50.2 Å². The number of aliphatic carboxylic acids is 1. The van der Waals surface area contributed by atoms with Gasteiger partial charge in [0.25, 0.3) is 0 Å². The Kier molecular flexibility index (Phi) is 12.0. The molecule has 0 aliphatic carbocycles. The molecule has 0 unspecified atom stereocenters. The predicted molar refractivity (Wildman–Crippen MR) is 149 cm³/mol. The van der Waals surface area contributed by atoms with Crippen LogP contribution in [-0.4, -0.2) is 52.7 Å². The van der Waals surface area contributed by atoms with Crippen LogP contribution in [0.2, 0.25) is 0 Å². The van der Waals surface area contributed by atoms with Crippen molar-refractivity contribution in [3.05, 3.63) is 71.8 Å². The smallest absolute Gasteiger partial charge is 0.408 e. The van der Waals surface area contributed by atoms with Crippen molar-refractivity contribution in [3.63, 3.8) is 0 Å². The van der Waals surface area contributed by atoms with Crippen molar-refractivity contribution in [3.8, 4) is 0 Å². The minimum atomic E-state index is -1.17. The SMILES string of the molecule is CC(C)C[C@H](NC(=O)[C@H](CCc1ccccc1)NC(=O)OC(C)(C)C)C(=O)N[C@H](Cc1ccccc1)C(=O)O. The molecular formula is C30H41N3O6. The number of carboxylic acid groups (broad SMARTS) is 1. The lowest BCUT2D eigenvalue weighted by Gasteiger charge is -2.26. The number of hydrogen-bond donors (Lipinski definition) is 4. The molecule has 9 nitrogen and oxygen atoms in total. The first-order valence-corrected chi connectivity index (χ1v) is 13.2. The second-order valence-corrected chi connectivity index (χ2v) is 11.0. The molecule has 0 aromatic heterocycles. The van der Waals surface area contributed by atoms with Crippen molar-refractivity contribution in [2.24, 2.45) is 5.92 Å². The van der Waals surface area contributed by atoms with Crippen molar-refractivity contribution in [1.82, 2.24) is 16.0 Å². The number of amides is 3. The van der Waals surface area contributed by atoms with E-state index in [1.165, 1.54) is 0 Å². The molecule has 0 heterocycles. The largest absolute Gasteiger partial charge is 0.480 e. The average molecular weight is 540 g/mol. The molecular weight excluding hydrogens is 498 g/mol. The Morgan fingerprint density at radius 2 is 1.28 bits per heavy atom. The molecule has 212 valence electrons. The van der Waals surface area contributed by atoms with Gasteiger partial charge in [-0.25, -0.2) is 9.59 Å². The van der Waals surface area contributed by atoms with Crippen molar-refractivity contribution in [1.29, 1.82) is 0 Å². The number of ether oxygens (including phenoxy) is 1. The van der Waals surface area contributed by atoms with Gasteiger partial charge in [-0.3, -0.25) is 9.59 Å². The first kappa shape index (κ1) is 31.3. The standard InChI is InChI=1S/C30H41N3O6/c1-20(2)18-24(27(35)32-25(28(36)37)19-22-14-10-7-11-15-22)31-26(34)23(33-29(38)39-30(3,4)5)17-16-21-12-8-6-9-13-21/h6-15,20,23-25H,16-19H2,1-5H3,(H,31,34)(H,32,35)(H,33,38)(H,36,37)/t23-,24-,25+/m0/s1. The van der Waals surface area contributed by atoms with Gasteiger partial charge in [-0.05, 0) is 57.1 Å². The molecule has 4 N–H and O–H groups in total. The van der Waals surface area contributed by atoms with Gasteiger partial charge in [0, 0.05) is 6.42 Å². The summed E-state index contributed by atoms with van der Waals surface area (Å²) < 4.78 is 5.35. The van der Waals surface area contributed by atoms with Gasteiger partial charge in [0.2, 0.25) is 11.8 Å². The summed E-state index contributed by atoms with van der Waals surface area (Å²) in [5.41, 5.74) is 0.995. The minimum Gasteiger partial charge on any atom is -0.480 e. The maximum absolute atomic E-state index is 13.4. The van der Waals surface area contributed by atoms with Crippen LogP contribution < -0.4 is 16.0 Å². The summed E-state index contributed by atoms with van der Waals surface area (Å²) in [5.74, 6) is -2.29. The quantitative estimate of drug-likeness (QED) is 0.306. The van der Waals surface area contributed by atoms with Gasteiger partial charge in [-0.15, -0.1) is 0 Å². The van der Waals surface area contributed by atoms with E-state index in [-0.39, 0.29) is 25.2 Å². The Bertz CT molecular complexity index is 1080. The maximum atomic E-state index is 13.4. The molecule has 0 saturated carbocycles. The Hall–Kier alpha value is -3.88. The lowest BCUT2D eigenvalue weighted by atomic mass is 10.00. The first-order valence-electron chi connectivity index (χ1n) is 13.2. The molecule has 9 heteroatoms. The van der Waals surface area contributed by atoms with Crippen molar-refractivity contribution < 1.29 is 29.0 Å². The summed E-state index contributed by atoms with van der Waals surface area (Å²) in [5, 5.41) is 17.7. The normalized spacial score (nSPS) is 13.6. The zero-order chi connectivity index (χ0) is 29.0. The van der Waals surface area contributed by atoms with E-state index in [1.54, 1.807) is 45.0 Å². The van der Waals surface area contributed by atoms with Crippen LogP contribution in [-0.2, 0) is 32.0 Å². The molecule has 2 aromatic carbocycles. The van der Waals surface area contributed by atoms with E-state index in [2.05, 4.69) is 16.0 Å². The molecule has 3 atom stereocenters. The molecule has 0 aliphatic heterocycles.